The molecule has 98 valence electrons. The number of aryl methyl sites for hydroxylation is 1. The lowest BCUT2D eigenvalue weighted by Gasteiger charge is -2.05. The van der Waals surface area contributed by atoms with Crippen molar-refractivity contribution in [2.45, 2.75) is 19.8 Å². The fourth-order valence-electron chi connectivity index (χ4n) is 1.47. The first-order chi connectivity index (χ1) is 8.36. The molecule has 1 rings (SSSR count). The van der Waals surface area contributed by atoms with E-state index >= 15 is 0 Å². The second-order valence-electron chi connectivity index (χ2n) is 3.83. The van der Waals surface area contributed by atoms with Crippen LogP contribution in [0.3, 0.4) is 0 Å². The molecular weight excluding hydrogens is 234 g/mol. The van der Waals surface area contributed by atoms with E-state index in [9.17, 15) is 0 Å². The van der Waals surface area contributed by atoms with Gasteiger partial charge in [0.1, 0.15) is 0 Å². The van der Waals surface area contributed by atoms with Gasteiger partial charge >= 0.3 is 0 Å². The topological polar surface area (TPSA) is 30.5 Å². The van der Waals surface area contributed by atoms with E-state index in [4.69, 9.17) is 9.47 Å². The predicted molar refractivity (Wildman–Crippen MR) is 73.0 cm³/mol. The second-order valence-corrected chi connectivity index (χ2v) is 5.08. The maximum absolute atomic E-state index is 5.56. The maximum Gasteiger partial charge on any atom is 0.0591 e. The summed E-state index contributed by atoms with van der Waals surface area (Å²) in [6.07, 6.45) is 2.16. The Labute approximate surface area is 108 Å². The third-order valence-corrected chi connectivity index (χ3v) is 3.75. The summed E-state index contributed by atoms with van der Waals surface area (Å²) in [6, 6.07) is 4.43. The first-order valence-corrected chi connectivity index (χ1v) is 7.03. The lowest BCUT2D eigenvalue weighted by molar-refractivity contribution is 0.135. The van der Waals surface area contributed by atoms with E-state index in [-0.39, 0.29) is 0 Å². The molecule has 0 unspecified atom stereocenters. The Hall–Kier alpha value is -0.420. The third kappa shape index (κ3) is 6.78. The van der Waals surface area contributed by atoms with E-state index in [0.717, 1.165) is 45.8 Å². The van der Waals surface area contributed by atoms with Crippen molar-refractivity contribution in [3.05, 3.63) is 21.9 Å². The molecule has 1 aromatic heterocycles. The van der Waals surface area contributed by atoms with Crippen molar-refractivity contribution in [3.63, 3.8) is 0 Å². The molecule has 0 atom stereocenters. The number of ether oxygens (including phenoxy) is 2. The van der Waals surface area contributed by atoms with Gasteiger partial charge in [-0.25, -0.2) is 0 Å². The van der Waals surface area contributed by atoms with Crippen molar-refractivity contribution in [1.82, 2.24) is 5.32 Å². The molecular formula is C13H23NO2S. The number of hydrogen-bond acceptors (Lipinski definition) is 4. The predicted octanol–water partition coefficient (Wildman–Crippen LogP) is 2.11. The average Bonchev–Trinajstić information content (AvgIpc) is 2.80. The summed E-state index contributed by atoms with van der Waals surface area (Å²) in [5, 5.41) is 3.25. The maximum atomic E-state index is 5.56. The van der Waals surface area contributed by atoms with Gasteiger partial charge in [-0.2, -0.15) is 0 Å². The second kappa shape index (κ2) is 9.59. The Bertz CT molecular complexity index is 289. The number of methoxy groups -OCH3 is 1. The molecule has 4 heteroatoms. The lowest BCUT2D eigenvalue weighted by Crippen LogP contribution is -2.23. The fraction of sp³-hybridized carbons (Fsp3) is 0.692. The summed E-state index contributed by atoms with van der Waals surface area (Å²) in [6.45, 7) is 6.33. The Morgan fingerprint density at radius 1 is 1.12 bits per heavy atom. The van der Waals surface area contributed by atoms with Crippen molar-refractivity contribution >= 4 is 11.3 Å². The van der Waals surface area contributed by atoms with Gasteiger partial charge in [0.2, 0.25) is 0 Å². The van der Waals surface area contributed by atoms with E-state index in [1.165, 1.54) is 9.75 Å². The minimum atomic E-state index is 0.759. The van der Waals surface area contributed by atoms with Crippen LogP contribution in [0.4, 0.5) is 0 Å². The number of nitrogens with one attached hydrogen (secondary N) is 1. The molecule has 0 aliphatic heterocycles. The Kier molecular flexibility index (Phi) is 8.26. The zero-order valence-electron chi connectivity index (χ0n) is 10.8. The molecule has 1 heterocycles. The van der Waals surface area contributed by atoms with Crippen LogP contribution in [0.5, 0.6) is 0 Å². The van der Waals surface area contributed by atoms with Crippen molar-refractivity contribution in [1.29, 1.82) is 0 Å². The molecule has 0 spiro atoms. The number of rotatable bonds is 10. The van der Waals surface area contributed by atoms with E-state index in [0.29, 0.717) is 0 Å². The highest BCUT2D eigenvalue weighted by atomic mass is 32.1. The van der Waals surface area contributed by atoms with Crippen LogP contribution >= 0.6 is 11.3 Å². The quantitative estimate of drug-likeness (QED) is 0.651. The van der Waals surface area contributed by atoms with Gasteiger partial charge in [-0.3, -0.25) is 0 Å². The van der Waals surface area contributed by atoms with Crippen molar-refractivity contribution in [3.8, 4) is 0 Å². The molecule has 3 nitrogen and oxygen atoms in total. The van der Waals surface area contributed by atoms with E-state index in [1.807, 2.05) is 11.3 Å². The monoisotopic (exact) mass is 257 g/mol. The van der Waals surface area contributed by atoms with Gasteiger partial charge in [0, 0.05) is 36.4 Å². The van der Waals surface area contributed by atoms with Crippen LogP contribution in [0, 0.1) is 0 Å². The fourth-order valence-corrected chi connectivity index (χ4v) is 2.40. The minimum absolute atomic E-state index is 0.759. The van der Waals surface area contributed by atoms with Crippen LogP contribution < -0.4 is 5.32 Å². The van der Waals surface area contributed by atoms with Crippen LogP contribution in [0.2, 0.25) is 0 Å². The average molecular weight is 257 g/mol. The molecule has 0 aliphatic rings. The Balaban J connectivity index is 1.93. The van der Waals surface area contributed by atoms with Gasteiger partial charge in [-0.05, 0) is 18.6 Å². The number of thiophene rings is 1. The van der Waals surface area contributed by atoms with Gasteiger partial charge in [0.15, 0.2) is 0 Å². The minimum Gasteiger partial charge on any atom is -0.383 e. The molecule has 0 saturated carbocycles. The van der Waals surface area contributed by atoms with Crippen LogP contribution in [-0.2, 0) is 22.3 Å². The lowest BCUT2D eigenvalue weighted by atomic mass is 10.3. The largest absolute Gasteiger partial charge is 0.383 e. The summed E-state index contributed by atoms with van der Waals surface area (Å²) in [5.41, 5.74) is 0. The zero-order chi connectivity index (χ0) is 12.3. The summed E-state index contributed by atoms with van der Waals surface area (Å²) >= 11 is 1.90. The normalized spacial score (nSPS) is 10.9. The molecule has 0 bridgehead atoms. The van der Waals surface area contributed by atoms with Crippen LogP contribution in [0.15, 0.2) is 12.1 Å². The van der Waals surface area contributed by atoms with Gasteiger partial charge in [-0.1, -0.05) is 6.92 Å². The first kappa shape index (κ1) is 14.6. The molecule has 1 N–H and O–H groups in total. The van der Waals surface area contributed by atoms with Crippen molar-refractivity contribution in [2.75, 3.05) is 40.0 Å². The smallest absolute Gasteiger partial charge is 0.0591 e. The molecule has 1 aromatic rings. The summed E-state index contributed by atoms with van der Waals surface area (Å²) in [7, 11) is 1.71. The molecule has 0 aliphatic carbocycles. The van der Waals surface area contributed by atoms with Crippen LogP contribution in [0.1, 0.15) is 16.7 Å². The molecule has 0 amide bonds. The van der Waals surface area contributed by atoms with Crippen molar-refractivity contribution in [2.24, 2.45) is 0 Å². The third-order valence-electron chi connectivity index (χ3n) is 2.46. The highest BCUT2D eigenvalue weighted by Crippen LogP contribution is 2.17. The standard InChI is InChI=1S/C13H23NO2S/c1-3-12-4-5-13(17-12)6-9-16-11-8-14-7-10-15-2/h4-5,14H,3,6-11H2,1-2H3. The Morgan fingerprint density at radius 3 is 2.59 bits per heavy atom. The first-order valence-electron chi connectivity index (χ1n) is 6.21. The van der Waals surface area contributed by atoms with Gasteiger partial charge < -0.3 is 14.8 Å². The zero-order valence-corrected chi connectivity index (χ0v) is 11.6. The molecule has 0 aromatic carbocycles. The summed E-state index contributed by atoms with van der Waals surface area (Å²) < 4.78 is 10.5. The molecule has 17 heavy (non-hydrogen) atoms. The summed E-state index contributed by atoms with van der Waals surface area (Å²) in [4.78, 5) is 2.88. The van der Waals surface area contributed by atoms with E-state index < -0.39 is 0 Å². The SMILES string of the molecule is CCc1ccc(CCOCCNCCOC)s1. The van der Waals surface area contributed by atoms with Gasteiger partial charge in [-0.15, -0.1) is 11.3 Å². The van der Waals surface area contributed by atoms with Gasteiger partial charge in [0.25, 0.3) is 0 Å². The van der Waals surface area contributed by atoms with Crippen LogP contribution in [-0.4, -0.2) is 40.0 Å². The molecule has 0 saturated heterocycles. The number of hydrogen-bond donors (Lipinski definition) is 1. The highest BCUT2D eigenvalue weighted by molar-refractivity contribution is 7.11. The molecule has 0 fully saturated rings. The Morgan fingerprint density at radius 2 is 1.88 bits per heavy atom. The summed E-state index contributed by atoms with van der Waals surface area (Å²) in [5.74, 6) is 0. The van der Waals surface area contributed by atoms with Gasteiger partial charge in [0.05, 0.1) is 19.8 Å². The van der Waals surface area contributed by atoms with E-state index in [2.05, 4.69) is 24.4 Å². The highest BCUT2D eigenvalue weighted by Gasteiger charge is 1.98. The molecule has 0 radical (unpaired) electrons. The van der Waals surface area contributed by atoms with Crippen LogP contribution in [0.25, 0.3) is 0 Å². The van der Waals surface area contributed by atoms with Crippen molar-refractivity contribution < 1.29 is 9.47 Å². The van der Waals surface area contributed by atoms with E-state index in [1.54, 1.807) is 7.11 Å².